The van der Waals surface area contributed by atoms with E-state index < -0.39 is 86.8 Å². The number of nitrogens with one attached hydrogen (secondary N) is 1. The largest absolute Gasteiger partial charge is 0.394 e. The zero-order chi connectivity index (χ0) is 63.1. The first-order chi connectivity index (χ1) is 42.6. The Morgan fingerprint density at radius 3 is 1.15 bits per heavy atom. The van der Waals surface area contributed by atoms with Crippen LogP contribution in [0.4, 0.5) is 0 Å². The van der Waals surface area contributed by atoms with E-state index in [1.54, 1.807) is 0 Å². The monoisotopic (exact) mass is 1240 g/mol. The fourth-order valence-electron chi connectivity index (χ4n) is 12.5. The number of rotatable bonds is 62. The summed E-state index contributed by atoms with van der Waals surface area (Å²) >= 11 is 0. The van der Waals surface area contributed by atoms with Crippen LogP contribution >= 0.6 is 0 Å². The summed E-state index contributed by atoms with van der Waals surface area (Å²) in [6.45, 7) is 2.91. The number of hydrogen-bond acceptors (Lipinski definition) is 13. The molecule has 2 aliphatic heterocycles. The predicted molar refractivity (Wildman–Crippen MR) is 355 cm³/mol. The lowest BCUT2D eigenvalue weighted by Crippen LogP contribution is -2.65. The minimum Gasteiger partial charge on any atom is -0.394 e. The molecule has 2 saturated heterocycles. The summed E-state index contributed by atoms with van der Waals surface area (Å²) in [4.78, 5) is 13.4. The number of hydrogen-bond donors (Lipinski definition) is 9. The van der Waals surface area contributed by atoms with Crippen LogP contribution in [0.1, 0.15) is 341 Å². The minimum atomic E-state index is -1.78. The molecule has 0 aliphatic carbocycles. The third kappa shape index (κ3) is 42.4. The van der Waals surface area contributed by atoms with Crippen molar-refractivity contribution >= 4 is 5.91 Å². The van der Waals surface area contributed by atoms with Gasteiger partial charge in [0, 0.05) is 6.42 Å². The Balaban J connectivity index is 1.61. The van der Waals surface area contributed by atoms with E-state index in [-0.39, 0.29) is 12.5 Å². The van der Waals surface area contributed by atoms with Gasteiger partial charge in [-0.1, -0.05) is 314 Å². The summed E-state index contributed by atoms with van der Waals surface area (Å²) in [5.74, 6) is -0.199. The van der Waals surface area contributed by atoms with E-state index in [0.29, 0.717) is 12.8 Å². The quantitative estimate of drug-likeness (QED) is 0.0204. The van der Waals surface area contributed by atoms with Crippen molar-refractivity contribution in [3.05, 3.63) is 24.3 Å². The number of carbonyl (C=O) groups is 1. The molecule has 2 rings (SSSR count). The number of aliphatic hydroxyl groups is 8. The molecule has 514 valence electrons. The highest BCUT2D eigenvalue weighted by molar-refractivity contribution is 5.76. The van der Waals surface area contributed by atoms with E-state index in [0.717, 1.165) is 57.8 Å². The molecule has 2 aliphatic rings. The SMILES string of the molecule is CCCCCCC/C=C\C/C=C\CCCCCCCCCCCCCCCCCCCCCCCC(=O)NC(COC1OC(CO)C(OC2OC(CO)C(O)C(O)C2O)C(O)C1O)C(O)CCCCCCCCCCCCCCCCCCCCCC. The summed E-state index contributed by atoms with van der Waals surface area (Å²) < 4.78 is 22.9. The zero-order valence-corrected chi connectivity index (χ0v) is 56.0. The van der Waals surface area contributed by atoms with Crippen molar-refractivity contribution in [2.75, 3.05) is 19.8 Å². The van der Waals surface area contributed by atoms with Crippen LogP contribution in [0.15, 0.2) is 24.3 Å². The number of aliphatic hydroxyl groups excluding tert-OH is 8. The fourth-order valence-corrected chi connectivity index (χ4v) is 12.5. The first-order valence-corrected chi connectivity index (χ1v) is 37.1. The second-order valence-corrected chi connectivity index (χ2v) is 26.4. The van der Waals surface area contributed by atoms with E-state index in [2.05, 4.69) is 43.5 Å². The lowest BCUT2D eigenvalue weighted by atomic mass is 9.97. The number of carbonyl (C=O) groups excluding carboxylic acids is 1. The topological polar surface area (TPSA) is 228 Å². The summed E-state index contributed by atoms with van der Waals surface area (Å²) in [5.41, 5.74) is 0. The van der Waals surface area contributed by atoms with Crippen molar-refractivity contribution in [2.45, 2.75) is 415 Å². The molecule has 0 radical (unpaired) electrons. The van der Waals surface area contributed by atoms with Crippen LogP contribution in [0.3, 0.4) is 0 Å². The summed E-state index contributed by atoms with van der Waals surface area (Å²) in [6, 6.07) is -0.827. The average Bonchev–Trinajstić information content (AvgIpc) is 2.59. The van der Waals surface area contributed by atoms with Crippen LogP contribution < -0.4 is 5.32 Å². The van der Waals surface area contributed by atoms with E-state index >= 15 is 0 Å². The molecule has 0 aromatic carbocycles. The van der Waals surface area contributed by atoms with Crippen LogP contribution in [0.2, 0.25) is 0 Å². The number of ether oxygens (including phenoxy) is 4. The van der Waals surface area contributed by atoms with Crippen LogP contribution in [0, 0.1) is 0 Å². The van der Waals surface area contributed by atoms with Crippen molar-refractivity contribution in [3.8, 4) is 0 Å². The van der Waals surface area contributed by atoms with Crippen molar-refractivity contribution in [3.63, 3.8) is 0 Å². The van der Waals surface area contributed by atoms with Gasteiger partial charge in [-0.3, -0.25) is 4.79 Å². The molecule has 12 unspecified atom stereocenters. The van der Waals surface area contributed by atoms with Crippen molar-refractivity contribution in [1.82, 2.24) is 5.32 Å². The molecule has 12 atom stereocenters. The van der Waals surface area contributed by atoms with Gasteiger partial charge in [0.15, 0.2) is 12.6 Å². The van der Waals surface area contributed by atoms with Gasteiger partial charge >= 0.3 is 0 Å². The van der Waals surface area contributed by atoms with Gasteiger partial charge < -0.3 is 65.1 Å². The highest BCUT2D eigenvalue weighted by Crippen LogP contribution is 2.30. The first-order valence-electron chi connectivity index (χ1n) is 37.1. The minimum absolute atomic E-state index is 0.199. The van der Waals surface area contributed by atoms with Crippen LogP contribution in [-0.2, 0) is 23.7 Å². The van der Waals surface area contributed by atoms with Gasteiger partial charge in [-0.2, -0.15) is 0 Å². The Hall–Kier alpha value is -1.53. The molecule has 14 heteroatoms. The molecular formula is C73H139NO13. The van der Waals surface area contributed by atoms with Gasteiger partial charge in [0.1, 0.15) is 48.8 Å². The second kappa shape index (κ2) is 58.3. The molecule has 0 aromatic heterocycles. The molecular weight excluding hydrogens is 1100 g/mol. The maximum Gasteiger partial charge on any atom is 0.220 e. The van der Waals surface area contributed by atoms with Gasteiger partial charge in [0.25, 0.3) is 0 Å². The van der Waals surface area contributed by atoms with Gasteiger partial charge in [-0.05, 0) is 44.9 Å². The summed E-state index contributed by atoms with van der Waals surface area (Å²) in [6.07, 6.45) is 56.3. The maximum absolute atomic E-state index is 13.4. The van der Waals surface area contributed by atoms with Crippen molar-refractivity contribution in [1.29, 1.82) is 0 Å². The lowest BCUT2D eigenvalue weighted by molar-refractivity contribution is -0.359. The standard InChI is InChI=1S/C73H139NO13/c1-3-5-7-9-11-13-15-17-19-21-23-25-26-27-28-29-30-31-32-33-34-35-36-37-39-41-43-45-47-49-51-53-55-57-65(78)74-61(62(77)56-54-52-50-48-46-44-42-40-38-24-22-20-18-16-14-12-10-8-6-4-2)60-84-72-70(83)68(81)71(64(59-76)86-72)87-73-69(82)67(80)66(79)63(58-75)85-73/h15,17,21,23,61-64,66-73,75-77,79-83H,3-14,16,18-20,22,24-60H2,1-2H3,(H,74,78)/b17-15-,23-21-. The molecule has 0 spiro atoms. The number of allylic oxidation sites excluding steroid dienone is 4. The van der Waals surface area contributed by atoms with Crippen LogP contribution in [0.25, 0.3) is 0 Å². The molecule has 0 bridgehead atoms. The Morgan fingerprint density at radius 2 is 0.759 bits per heavy atom. The van der Waals surface area contributed by atoms with Gasteiger partial charge in [-0.25, -0.2) is 0 Å². The van der Waals surface area contributed by atoms with E-state index in [1.807, 2.05) is 0 Å². The van der Waals surface area contributed by atoms with Gasteiger partial charge in [0.2, 0.25) is 5.91 Å². The van der Waals surface area contributed by atoms with Gasteiger partial charge in [-0.15, -0.1) is 0 Å². The van der Waals surface area contributed by atoms with Crippen LogP contribution in [0.5, 0.6) is 0 Å². The third-order valence-electron chi connectivity index (χ3n) is 18.4. The maximum atomic E-state index is 13.4. The molecule has 9 N–H and O–H groups in total. The number of unbranched alkanes of at least 4 members (excludes halogenated alkanes) is 45. The molecule has 2 fully saturated rings. The summed E-state index contributed by atoms with van der Waals surface area (Å²) in [7, 11) is 0. The number of amides is 1. The molecule has 14 nitrogen and oxygen atoms in total. The highest BCUT2D eigenvalue weighted by atomic mass is 16.7. The van der Waals surface area contributed by atoms with Crippen LogP contribution in [-0.4, -0.2) is 140 Å². The average molecular weight is 1240 g/mol. The highest BCUT2D eigenvalue weighted by Gasteiger charge is 2.51. The molecule has 87 heavy (non-hydrogen) atoms. The molecule has 1 amide bonds. The van der Waals surface area contributed by atoms with E-state index in [9.17, 15) is 45.6 Å². The Morgan fingerprint density at radius 1 is 0.414 bits per heavy atom. The van der Waals surface area contributed by atoms with Gasteiger partial charge in [0.05, 0.1) is 32.0 Å². The van der Waals surface area contributed by atoms with Crippen molar-refractivity contribution < 1.29 is 64.6 Å². The molecule has 2 heterocycles. The Kier molecular flexibility index (Phi) is 54.7. The molecule has 0 aromatic rings. The Labute approximate surface area is 532 Å². The normalized spacial score (nSPS) is 23.3. The fraction of sp³-hybridized carbons (Fsp3) is 0.932. The van der Waals surface area contributed by atoms with Crippen molar-refractivity contribution in [2.24, 2.45) is 0 Å². The Bertz CT molecular complexity index is 1550. The van der Waals surface area contributed by atoms with E-state index in [4.69, 9.17) is 18.9 Å². The molecule has 0 saturated carbocycles. The zero-order valence-electron chi connectivity index (χ0n) is 56.0. The summed E-state index contributed by atoms with van der Waals surface area (Å²) in [5, 5.41) is 87.7. The van der Waals surface area contributed by atoms with E-state index in [1.165, 1.54) is 257 Å². The predicted octanol–water partition coefficient (Wildman–Crippen LogP) is 15.5. The third-order valence-corrected chi connectivity index (χ3v) is 18.4. The smallest absolute Gasteiger partial charge is 0.220 e. The first kappa shape index (κ1) is 81.6. The second-order valence-electron chi connectivity index (χ2n) is 26.4. The lowest BCUT2D eigenvalue weighted by Gasteiger charge is -2.46.